The summed E-state index contributed by atoms with van der Waals surface area (Å²) in [6.07, 6.45) is 0. The van der Waals surface area contributed by atoms with Crippen LogP contribution in [0.1, 0.15) is 17.0 Å². The van der Waals surface area contributed by atoms with Crippen LogP contribution < -0.4 is 14.8 Å². The molecule has 5 nitrogen and oxygen atoms in total. The number of anilines is 1. The van der Waals surface area contributed by atoms with Gasteiger partial charge in [-0.1, -0.05) is 11.6 Å². The zero-order valence-corrected chi connectivity index (χ0v) is 13.7. The molecule has 0 amide bonds. The van der Waals surface area contributed by atoms with Crippen LogP contribution in [0.3, 0.4) is 0 Å². The van der Waals surface area contributed by atoms with Gasteiger partial charge < -0.3 is 14.8 Å². The highest BCUT2D eigenvalue weighted by Crippen LogP contribution is 2.36. The van der Waals surface area contributed by atoms with E-state index in [2.05, 4.69) is 10.4 Å². The molecular weight excluding hydrogens is 290 g/mol. The van der Waals surface area contributed by atoms with Gasteiger partial charge in [0, 0.05) is 13.6 Å². The van der Waals surface area contributed by atoms with Gasteiger partial charge in [0.05, 0.1) is 36.3 Å². The maximum atomic E-state index is 6.21. The summed E-state index contributed by atoms with van der Waals surface area (Å²) in [6, 6.07) is 3.79. The molecule has 0 bridgehead atoms. The predicted molar refractivity (Wildman–Crippen MR) is 84.6 cm³/mol. The van der Waals surface area contributed by atoms with E-state index >= 15 is 0 Å². The van der Waals surface area contributed by atoms with Gasteiger partial charge in [0.1, 0.15) is 0 Å². The Kier molecular flexibility index (Phi) is 4.63. The largest absolute Gasteiger partial charge is 0.493 e. The Morgan fingerprint density at radius 3 is 2.48 bits per heavy atom. The number of halogens is 1. The molecule has 114 valence electrons. The average molecular weight is 310 g/mol. The molecule has 0 aliphatic rings. The molecule has 0 spiro atoms. The number of hydrogen-bond acceptors (Lipinski definition) is 4. The molecule has 0 saturated heterocycles. The van der Waals surface area contributed by atoms with E-state index < -0.39 is 0 Å². The first-order chi connectivity index (χ1) is 9.97. The summed E-state index contributed by atoms with van der Waals surface area (Å²) in [4.78, 5) is 0. The molecule has 21 heavy (non-hydrogen) atoms. The van der Waals surface area contributed by atoms with Crippen LogP contribution in [-0.4, -0.2) is 24.0 Å². The van der Waals surface area contributed by atoms with Crippen molar-refractivity contribution < 1.29 is 9.47 Å². The Labute approximate surface area is 129 Å². The minimum absolute atomic E-state index is 0.535. The Bertz CT molecular complexity index is 653. The topological polar surface area (TPSA) is 48.3 Å². The van der Waals surface area contributed by atoms with E-state index in [1.165, 1.54) is 0 Å². The molecule has 0 fully saturated rings. The van der Waals surface area contributed by atoms with Gasteiger partial charge in [-0.25, -0.2) is 0 Å². The van der Waals surface area contributed by atoms with Gasteiger partial charge in [-0.3, -0.25) is 4.68 Å². The average Bonchev–Trinajstić information content (AvgIpc) is 2.69. The summed E-state index contributed by atoms with van der Waals surface area (Å²) in [6.45, 7) is 4.65. The number of benzene rings is 1. The molecule has 0 atom stereocenters. The standard InChI is InChI=1S/C15H20ClN3O2/c1-9-14(10(2)19(3)18-9)17-8-11-6-12(16)15(21-5)13(7-11)20-4/h6-7,17H,8H2,1-5H3. The lowest BCUT2D eigenvalue weighted by Gasteiger charge is -2.13. The van der Waals surface area contributed by atoms with E-state index in [4.69, 9.17) is 21.1 Å². The minimum Gasteiger partial charge on any atom is -0.493 e. The normalized spacial score (nSPS) is 10.6. The van der Waals surface area contributed by atoms with Crippen LogP contribution >= 0.6 is 11.6 Å². The number of nitrogens with zero attached hydrogens (tertiary/aromatic N) is 2. The Morgan fingerprint density at radius 1 is 1.24 bits per heavy atom. The molecule has 2 rings (SSSR count). The molecule has 0 saturated carbocycles. The first-order valence-electron chi connectivity index (χ1n) is 6.62. The molecule has 0 radical (unpaired) electrons. The second kappa shape index (κ2) is 6.26. The lowest BCUT2D eigenvalue weighted by atomic mass is 10.2. The summed E-state index contributed by atoms with van der Waals surface area (Å²) >= 11 is 6.21. The number of nitrogens with one attached hydrogen (secondary N) is 1. The Hall–Kier alpha value is -1.88. The van der Waals surface area contributed by atoms with E-state index in [-0.39, 0.29) is 0 Å². The van der Waals surface area contributed by atoms with Gasteiger partial charge in [0.15, 0.2) is 11.5 Å². The van der Waals surface area contributed by atoms with Gasteiger partial charge in [0.25, 0.3) is 0 Å². The molecule has 1 aromatic heterocycles. The van der Waals surface area contributed by atoms with Crippen molar-refractivity contribution in [3.63, 3.8) is 0 Å². The van der Waals surface area contributed by atoms with Gasteiger partial charge in [-0.2, -0.15) is 5.10 Å². The Balaban J connectivity index is 2.22. The summed E-state index contributed by atoms with van der Waals surface area (Å²) in [5.74, 6) is 1.18. The van der Waals surface area contributed by atoms with Crippen LogP contribution in [-0.2, 0) is 13.6 Å². The lowest BCUT2D eigenvalue weighted by Crippen LogP contribution is -2.03. The summed E-state index contributed by atoms with van der Waals surface area (Å²) < 4.78 is 12.4. The Morgan fingerprint density at radius 2 is 1.95 bits per heavy atom. The summed E-state index contributed by atoms with van der Waals surface area (Å²) in [5.41, 5.74) is 4.13. The molecule has 0 unspecified atom stereocenters. The number of hydrogen-bond donors (Lipinski definition) is 1. The molecule has 1 heterocycles. The highest BCUT2D eigenvalue weighted by atomic mass is 35.5. The van der Waals surface area contributed by atoms with Crippen molar-refractivity contribution in [1.82, 2.24) is 9.78 Å². The van der Waals surface area contributed by atoms with Gasteiger partial charge in [0.2, 0.25) is 0 Å². The van der Waals surface area contributed by atoms with Gasteiger partial charge >= 0.3 is 0 Å². The summed E-state index contributed by atoms with van der Waals surface area (Å²) in [5, 5.41) is 8.32. The zero-order chi connectivity index (χ0) is 15.6. The SMILES string of the molecule is COc1cc(CNc2c(C)nn(C)c2C)cc(Cl)c1OC. The first kappa shape index (κ1) is 15.5. The van der Waals surface area contributed by atoms with Crippen molar-refractivity contribution in [1.29, 1.82) is 0 Å². The van der Waals surface area contributed by atoms with Crippen molar-refractivity contribution in [2.75, 3.05) is 19.5 Å². The van der Waals surface area contributed by atoms with Crippen molar-refractivity contribution in [3.05, 3.63) is 34.1 Å². The van der Waals surface area contributed by atoms with Crippen molar-refractivity contribution in [3.8, 4) is 11.5 Å². The van der Waals surface area contributed by atoms with Crippen LogP contribution in [0.15, 0.2) is 12.1 Å². The number of rotatable bonds is 5. The molecule has 1 N–H and O–H groups in total. The molecule has 0 aliphatic heterocycles. The van der Waals surface area contributed by atoms with E-state index in [0.717, 1.165) is 22.6 Å². The van der Waals surface area contributed by atoms with Gasteiger partial charge in [-0.05, 0) is 31.5 Å². The molecule has 2 aromatic rings. The third kappa shape index (κ3) is 3.08. The fourth-order valence-corrected chi connectivity index (χ4v) is 2.60. The fraction of sp³-hybridized carbons (Fsp3) is 0.400. The number of aromatic nitrogens is 2. The van der Waals surface area contributed by atoms with E-state index in [9.17, 15) is 0 Å². The fourth-order valence-electron chi connectivity index (χ4n) is 2.29. The van der Waals surface area contributed by atoms with Crippen LogP contribution in [0.2, 0.25) is 5.02 Å². The van der Waals surface area contributed by atoms with Crippen LogP contribution in [0.4, 0.5) is 5.69 Å². The molecule has 0 aliphatic carbocycles. The van der Waals surface area contributed by atoms with Gasteiger partial charge in [-0.15, -0.1) is 0 Å². The molecule has 1 aromatic carbocycles. The second-order valence-electron chi connectivity index (χ2n) is 4.84. The first-order valence-corrected chi connectivity index (χ1v) is 7.00. The molecule has 6 heteroatoms. The number of methoxy groups -OCH3 is 2. The van der Waals surface area contributed by atoms with Crippen LogP contribution in [0.5, 0.6) is 11.5 Å². The maximum absolute atomic E-state index is 6.21. The van der Waals surface area contributed by atoms with E-state index in [1.54, 1.807) is 14.2 Å². The quantitative estimate of drug-likeness (QED) is 0.920. The minimum atomic E-state index is 0.535. The second-order valence-corrected chi connectivity index (χ2v) is 5.24. The van der Waals surface area contributed by atoms with Crippen molar-refractivity contribution >= 4 is 17.3 Å². The smallest absolute Gasteiger partial charge is 0.179 e. The third-order valence-electron chi connectivity index (χ3n) is 3.47. The highest BCUT2D eigenvalue weighted by molar-refractivity contribution is 6.32. The van der Waals surface area contributed by atoms with Crippen molar-refractivity contribution in [2.45, 2.75) is 20.4 Å². The number of ether oxygens (including phenoxy) is 2. The van der Waals surface area contributed by atoms with Crippen molar-refractivity contribution in [2.24, 2.45) is 7.05 Å². The highest BCUT2D eigenvalue weighted by Gasteiger charge is 2.12. The van der Waals surface area contributed by atoms with E-state index in [1.807, 2.05) is 37.7 Å². The third-order valence-corrected chi connectivity index (χ3v) is 3.75. The monoisotopic (exact) mass is 309 g/mol. The number of aryl methyl sites for hydroxylation is 2. The molecular formula is C15H20ClN3O2. The zero-order valence-electron chi connectivity index (χ0n) is 13.0. The van der Waals surface area contributed by atoms with Crippen LogP contribution in [0, 0.1) is 13.8 Å². The maximum Gasteiger partial charge on any atom is 0.179 e. The lowest BCUT2D eigenvalue weighted by molar-refractivity contribution is 0.355. The predicted octanol–water partition coefficient (Wildman–Crippen LogP) is 3.32. The van der Waals surface area contributed by atoms with E-state index in [0.29, 0.717) is 23.1 Å². The summed E-state index contributed by atoms with van der Waals surface area (Å²) in [7, 11) is 5.10. The van der Waals surface area contributed by atoms with Crippen LogP contribution in [0.25, 0.3) is 0 Å².